The highest BCUT2D eigenvalue weighted by atomic mass is 127. The number of nitrogens with one attached hydrogen (secondary N) is 1. The van der Waals surface area contributed by atoms with Gasteiger partial charge in [0, 0.05) is 9.65 Å². The van der Waals surface area contributed by atoms with Crippen LogP contribution in [0.1, 0.15) is 0 Å². The van der Waals surface area contributed by atoms with E-state index in [2.05, 4.69) is 5.32 Å². The van der Waals surface area contributed by atoms with Gasteiger partial charge in [-0.05, 0) is 34.7 Å². The first-order chi connectivity index (χ1) is 9.43. The lowest BCUT2D eigenvalue weighted by Crippen LogP contribution is -2.34. The number of imide groups is 1. The Bertz CT molecular complexity index is 621. The largest absolute Gasteiger partial charge is 0.395 e. The van der Waals surface area contributed by atoms with E-state index in [0.717, 1.165) is 17.0 Å². The molecule has 1 aliphatic rings. The van der Waals surface area contributed by atoms with Crippen LogP contribution >= 0.6 is 34.2 Å². The molecule has 0 saturated heterocycles. The molecule has 0 fully saturated rings. The van der Waals surface area contributed by atoms with Gasteiger partial charge in [-0.1, -0.05) is 11.6 Å². The van der Waals surface area contributed by atoms with Crippen molar-refractivity contribution in [3.8, 4) is 0 Å². The van der Waals surface area contributed by atoms with Crippen LogP contribution in [-0.4, -0.2) is 35.0 Å². The van der Waals surface area contributed by atoms with Crippen LogP contribution in [-0.2, 0) is 9.59 Å². The van der Waals surface area contributed by atoms with E-state index in [-0.39, 0.29) is 29.6 Å². The number of β-amino-alcohol motifs (C(OH)–C–C–N with tert-alkyl or cyclic N) is 1. The zero-order valence-corrected chi connectivity index (χ0v) is 12.9. The number of anilines is 1. The smallest absolute Gasteiger partial charge is 0.277 e. The van der Waals surface area contributed by atoms with Gasteiger partial charge in [0.05, 0.1) is 23.9 Å². The Morgan fingerprint density at radius 3 is 2.75 bits per heavy atom. The van der Waals surface area contributed by atoms with E-state index >= 15 is 0 Å². The fourth-order valence-corrected chi connectivity index (χ4v) is 2.29. The first kappa shape index (κ1) is 15.2. The molecule has 1 aromatic carbocycles. The Morgan fingerprint density at radius 1 is 1.40 bits per heavy atom. The van der Waals surface area contributed by atoms with Gasteiger partial charge in [-0.15, -0.1) is 0 Å². The first-order valence-electron chi connectivity index (χ1n) is 5.54. The molecule has 20 heavy (non-hydrogen) atoms. The molecule has 0 unspecified atom stereocenters. The highest BCUT2D eigenvalue weighted by Crippen LogP contribution is 2.27. The maximum Gasteiger partial charge on any atom is 0.277 e. The van der Waals surface area contributed by atoms with Gasteiger partial charge >= 0.3 is 0 Å². The van der Waals surface area contributed by atoms with E-state index < -0.39 is 17.6 Å². The standard InChI is InChI=1S/C12H9ClFIN2O3/c13-6-3-7(14)9(4-8(6)15)16-10-5-11(19)17(1-2-18)12(10)20/h3-5,16,18H,1-2H2. The van der Waals surface area contributed by atoms with Crippen molar-refractivity contribution in [1.82, 2.24) is 4.90 Å². The average Bonchev–Trinajstić information content (AvgIpc) is 2.64. The summed E-state index contributed by atoms with van der Waals surface area (Å²) in [6, 6.07) is 2.56. The second-order valence-corrected chi connectivity index (χ2v) is 5.52. The molecule has 2 rings (SSSR count). The number of hydrogen-bond donors (Lipinski definition) is 2. The van der Waals surface area contributed by atoms with Crippen LogP contribution in [0.2, 0.25) is 5.02 Å². The summed E-state index contributed by atoms with van der Waals surface area (Å²) in [4.78, 5) is 24.3. The molecule has 2 amide bonds. The van der Waals surface area contributed by atoms with Crippen molar-refractivity contribution in [2.45, 2.75) is 0 Å². The molecule has 5 nitrogen and oxygen atoms in total. The fourth-order valence-electron chi connectivity index (χ4n) is 1.67. The number of benzene rings is 1. The number of nitrogens with zero attached hydrogens (tertiary/aromatic N) is 1. The molecule has 0 aliphatic carbocycles. The van der Waals surface area contributed by atoms with Crippen molar-refractivity contribution < 1.29 is 19.1 Å². The van der Waals surface area contributed by atoms with E-state index in [0.29, 0.717) is 3.57 Å². The Labute approximate surface area is 132 Å². The minimum absolute atomic E-state index is 0.0412. The van der Waals surface area contributed by atoms with Gasteiger partial charge in [-0.25, -0.2) is 4.39 Å². The number of aliphatic hydroxyl groups excluding tert-OH is 1. The fraction of sp³-hybridized carbons (Fsp3) is 0.167. The lowest BCUT2D eigenvalue weighted by Gasteiger charge is -2.14. The zero-order valence-electron chi connectivity index (χ0n) is 9.99. The van der Waals surface area contributed by atoms with E-state index in [1.165, 1.54) is 6.07 Å². The number of halogens is 3. The maximum atomic E-state index is 13.7. The summed E-state index contributed by atoms with van der Waals surface area (Å²) < 4.78 is 14.3. The molecule has 106 valence electrons. The number of rotatable bonds is 4. The molecule has 8 heteroatoms. The molecular weight excluding hydrogens is 401 g/mol. The van der Waals surface area contributed by atoms with Crippen molar-refractivity contribution in [1.29, 1.82) is 0 Å². The SMILES string of the molecule is O=C1C=C(Nc2cc(I)c(Cl)cc2F)C(=O)N1CCO. The highest BCUT2D eigenvalue weighted by Gasteiger charge is 2.31. The van der Waals surface area contributed by atoms with Gasteiger partial charge in [0.1, 0.15) is 11.5 Å². The summed E-state index contributed by atoms with van der Waals surface area (Å²) in [6.07, 6.45) is 1.07. The molecule has 0 aromatic heterocycles. The monoisotopic (exact) mass is 410 g/mol. The Kier molecular flexibility index (Phi) is 4.61. The molecule has 0 atom stereocenters. The minimum Gasteiger partial charge on any atom is -0.395 e. The maximum absolute atomic E-state index is 13.7. The van der Waals surface area contributed by atoms with Crippen molar-refractivity contribution >= 4 is 51.7 Å². The third-order valence-electron chi connectivity index (χ3n) is 2.61. The summed E-state index contributed by atoms with van der Waals surface area (Å²) >= 11 is 7.70. The summed E-state index contributed by atoms with van der Waals surface area (Å²) in [7, 11) is 0. The lowest BCUT2D eigenvalue weighted by molar-refractivity contribution is -0.137. The van der Waals surface area contributed by atoms with E-state index in [1.54, 1.807) is 0 Å². The van der Waals surface area contributed by atoms with Crippen molar-refractivity contribution in [2.75, 3.05) is 18.5 Å². The van der Waals surface area contributed by atoms with Crippen molar-refractivity contribution in [3.05, 3.63) is 38.3 Å². The quantitative estimate of drug-likeness (QED) is 0.451. The van der Waals surface area contributed by atoms with Crippen LogP contribution in [0.5, 0.6) is 0 Å². The number of carbonyl (C=O) groups excluding carboxylic acids is 2. The second-order valence-electron chi connectivity index (χ2n) is 3.95. The van der Waals surface area contributed by atoms with Crippen LogP contribution < -0.4 is 5.32 Å². The van der Waals surface area contributed by atoms with Crippen LogP contribution in [0.3, 0.4) is 0 Å². The Balaban J connectivity index is 2.23. The van der Waals surface area contributed by atoms with Gasteiger partial charge in [0.15, 0.2) is 0 Å². The van der Waals surface area contributed by atoms with Gasteiger partial charge in [0.2, 0.25) is 0 Å². The predicted octanol–water partition coefficient (Wildman–Crippen LogP) is 1.74. The predicted molar refractivity (Wildman–Crippen MR) is 79.6 cm³/mol. The Hall–Kier alpha value is -1.19. The van der Waals surface area contributed by atoms with Crippen LogP contribution in [0, 0.1) is 9.39 Å². The molecule has 2 N–H and O–H groups in total. The number of hydrogen-bond acceptors (Lipinski definition) is 4. The van der Waals surface area contributed by atoms with Crippen molar-refractivity contribution in [3.63, 3.8) is 0 Å². The summed E-state index contributed by atoms with van der Waals surface area (Å²) in [5, 5.41) is 11.6. The average molecular weight is 411 g/mol. The summed E-state index contributed by atoms with van der Waals surface area (Å²) in [5.74, 6) is -1.78. The minimum atomic E-state index is -0.628. The van der Waals surface area contributed by atoms with E-state index in [9.17, 15) is 14.0 Å². The molecule has 1 aromatic rings. The number of aliphatic hydroxyl groups is 1. The summed E-state index contributed by atoms with van der Waals surface area (Å²) in [5.41, 5.74) is 0.0116. The highest BCUT2D eigenvalue weighted by molar-refractivity contribution is 14.1. The molecule has 0 bridgehead atoms. The van der Waals surface area contributed by atoms with Crippen molar-refractivity contribution in [2.24, 2.45) is 0 Å². The van der Waals surface area contributed by atoms with Gasteiger partial charge < -0.3 is 10.4 Å². The molecule has 0 radical (unpaired) electrons. The summed E-state index contributed by atoms with van der Waals surface area (Å²) in [6.45, 7) is -0.425. The lowest BCUT2D eigenvalue weighted by atomic mass is 10.3. The molecule has 0 saturated carbocycles. The molecule has 1 aliphatic heterocycles. The molecule has 1 heterocycles. The first-order valence-corrected chi connectivity index (χ1v) is 6.99. The van der Waals surface area contributed by atoms with Gasteiger partial charge in [0.25, 0.3) is 11.8 Å². The van der Waals surface area contributed by atoms with E-state index in [4.69, 9.17) is 16.7 Å². The van der Waals surface area contributed by atoms with Crippen LogP contribution in [0.15, 0.2) is 23.9 Å². The number of amides is 2. The van der Waals surface area contributed by atoms with Gasteiger partial charge in [-0.2, -0.15) is 0 Å². The van der Waals surface area contributed by atoms with Gasteiger partial charge in [-0.3, -0.25) is 14.5 Å². The molecular formula is C12H9ClFIN2O3. The topological polar surface area (TPSA) is 69.6 Å². The third kappa shape index (κ3) is 2.94. The zero-order chi connectivity index (χ0) is 14.9. The molecule has 0 spiro atoms. The second kappa shape index (κ2) is 6.06. The Morgan fingerprint density at radius 2 is 2.10 bits per heavy atom. The van der Waals surface area contributed by atoms with Crippen LogP contribution in [0.25, 0.3) is 0 Å². The van der Waals surface area contributed by atoms with E-state index in [1.807, 2.05) is 22.6 Å². The normalized spacial score (nSPS) is 14.8. The number of carbonyl (C=O) groups is 2. The third-order valence-corrected chi connectivity index (χ3v) is 4.14. The van der Waals surface area contributed by atoms with Crippen LogP contribution in [0.4, 0.5) is 10.1 Å².